The second-order valence-corrected chi connectivity index (χ2v) is 6.09. The van der Waals surface area contributed by atoms with Gasteiger partial charge >= 0.3 is 0 Å². The fourth-order valence-corrected chi connectivity index (χ4v) is 3.05. The van der Waals surface area contributed by atoms with Gasteiger partial charge in [0.25, 0.3) is 10.2 Å². The van der Waals surface area contributed by atoms with Crippen molar-refractivity contribution in [2.75, 3.05) is 4.72 Å². The van der Waals surface area contributed by atoms with Crippen molar-refractivity contribution in [1.29, 1.82) is 0 Å². The van der Waals surface area contributed by atoms with Gasteiger partial charge < -0.3 is 0 Å². The Morgan fingerprint density at radius 3 is 2.53 bits per heavy atom. The third-order valence-electron chi connectivity index (χ3n) is 2.02. The van der Waals surface area contributed by atoms with Crippen molar-refractivity contribution in [3.8, 4) is 0 Å². The van der Waals surface area contributed by atoms with Gasteiger partial charge in [0.1, 0.15) is 0 Å². The Bertz CT molecular complexity index is 457. The molecule has 0 heterocycles. The standard InChI is InChI=1S/C9H11IN2O2S/c10-8-3-1-2-4-9(8)12-15(13,14)11-7-5-6-7/h1-4,7,11-12H,5-6H2. The van der Waals surface area contributed by atoms with E-state index < -0.39 is 10.2 Å². The van der Waals surface area contributed by atoms with Crippen molar-refractivity contribution in [2.24, 2.45) is 0 Å². The van der Waals surface area contributed by atoms with E-state index in [9.17, 15) is 8.42 Å². The lowest BCUT2D eigenvalue weighted by atomic mass is 10.3. The molecule has 0 bridgehead atoms. The maximum atomic E-state index is 11.6. The minimum absolute atomic E-state index is 0.129. The van der Waals surface area contributed by atoms with Crippen molar-refractivity contribution in [3.63, 3.8) is 0 Å². The summed E-state index contributed by atoms with van der Waals surface area (Å²) in [5.41, 5.74) is 0.617. The molecule has 0 saturated heterocycles. The first kappa shape index (κ1) is 11.2. The number of hydrogen-bond donors (Lipinski definition) is 2. The molecule has 82 valence electrons. The van der Waals surface area contributed by atoms with Gasteiger partial charge in [0.15, 0.2) is 0 Å². The van der Waals surface area contributed by atoms with Crippen LogP contribution in [0.1, 0.15) is 12.8 Å². The number of benzene rings is 1. The van der Waals surface area contributed by atoms with E-state index in [-0.39, 0.29) is 6.04 Å². The molecule has 1 aliphatic carbocycles. The molecule has 0 spiro atoms. The average Bonchev–Trinajstić information content (AvgIpc) is 2.91. The van der Waals surface area contributed by atoms with E-state index in [0.29, 0.717) is 5.69 Å². The lowest BCUT2D eigenvalue weighted by Crippen LogP contribution is -2.31. The first-order chi connectivity index (χ1) is 7.07. The van der Waals surface area contributed by atoms with Crippen LogP contribution in [-0.2, 0) is 10.2 Å². The maximum Gasteiger partial charge on any atom is 0.299 e. The van der Waals surface area contributed by atoms with E-state index in [1.54, 1.807) is 12.1 Å². The van der Waals surface area contributed by atoms with Crippen molar-refractivity contribution in [2.45, 2.75) is 18.9 Å². The summed E-state index contributed by atoms with van der Waals surface area (Å²) in [5.74, 6) is 0. The van der Waals surface area contributed by atoms with Gasteiger partial charge in [-0.3, -0.25) is 4.72 Å². The molecule has 0 aliphatic heterocycles. The van der Waals surface area contributed by atoms with Crippen LogP contribution in [0.15, 0.2) is 24.3 Å². The second kappa shape index (κ2) is 4.26. The van der Waals surface area contributed by atoms with E-state index in [0.717, 1.165) is 16.4 Å². The average molecular weight is 338 g/mol. The van der Waals surface area contributed by atoms with E-state index in [1.807, 2.05) is 12.1 Å². The minimum atomic E-state index is -3.40. The highest BCUT2D eigenvalue weighted by Gasteiger charge is 2.26. The van der Waals surface area contributed by atoms with E-state index in [2.05, 4.69) is 32.0 Å². The number of anilines is 1. The number of rotatable bonds is 4. The van der Waals surface area contributed by atoms with Crippen molar-refractivity contribution >= 4 is 38.5 Å². The molecular formula is C9H11IN2O2S. The second-order valence-electron chi connectivity index (χ2n) is 3.48. The Morgan fingerprint density at radius 1 is 1.27 bits per heavy atom. The fourth-order valence-electron chi connectivity index (χ4n) is 1.14. The van der Waals surface area contributed by atoms with Crippen LogP contribution < -0.4 is 9.44 Å². The number of halogens is 1. The summed E-state index contributed by atoms with van der Waals surface area (Å²) < 4.78 is 29.1. The molecule has 1 aliphatic rings. The van der Waals surface area contributed by atoms with Gasteiger partial charge in [-0.15, -0.1) is 0 Å². The van der Waals surface area contributed by atoms with Gasteiger partial charge in [0, 0.05) is 9.61 Å². The summed E-state index contributed by atoms with van der Waals surface area (Å²) in [4.78, 5) is 0. The molecule has 1 aromatic carbocycles. The van der Waals surface area contributed by atoms with Gasteiger partial charge in [-0.25, -0.2) is 0 Å². The first-order valence-electron chi connectivity index (χ1n) is 4.61. The van der Waals surface area contributed by atoms with Crippen LogP contribution in [0.25, 0.3) is 0 Å². The number of hydrogen-bond acceptors (Lipinski definition) is 2. The summed E-state index contributed by atoms with van der Waals surface area (Å²) in [5, 5.41) is 0. The largest absolute Gasteiger partial charge is 0.299 e. The molecule has 1 aromatic rings. The van der Waals surface area contributed by atoms with E-state index in [4.69, 9.17) is 0 Å². The monoisotopic (exact) mass is 338 g/mol. The lowest BCUT2D eigenvalue weighted by molar-refractivity contribution is 0.586. The van der Waals surface area contributed by atoms with Crippen LogP contribution in [-0.4, -0.2) is 14.5 Å². The van der Waals surface area contributed by atoms with Gasteiger partial charge in [-0.2, -0.15) is 13.1 Å². The van der Waals surface area contributed by atoms with Crippen LogP contribution >= 0.6 is 22.6 Å². The summed E-state index contributed by atoms with van der Waals surface area (Å²) in [7, 11) is -3.40. The van der Waals surface area contributed by atoms with Gasteiger partial charge in [0.05, 0.1) is 5.69 Å². The van der Waals surface area contributed by atoms with Crippen LogP contribution in [0.3, 0.4) is 0 Å². The zero-order valence-corrected chi connectivity index (χ0v) is 10.9. The molecule has 0 atom stereocenters. The Balaban J connectivity index is 2.10. The molecule has 0 unspecified atom stereocenters. The Labute approximate surface area is 103 Å². The highest BCUT2D eigenvalue weighted by molar-refractivity contribution is 14.1. The van der Waals surface area contributed by atoms with Crippen LogP contribution in [0, 0.1) is 3.57 Å². The molecule has 2 rings (SSSR count). The smallest absolute Gasteiger partial charge is 0.270 e. The van der Waals surface area contributed by atoms with E-state index in [1.165, 1.54) is 0 Å². The fraction of sp³-hybridized carbons (Fsp3) is 0.333. The molecule has 0 radical (unpaired) electrons. The Kier molecular flexibility index (Phi) is 3.17. The van der Waals surface area contributed by atoms with Crippen molar-refractivity contribution < 1.29 is 8.42 Å². The topological polar surface area (TPSA) is 58.2 Å². The lowest BCUT2D eigenvalue weighted by Gasteiger charge is -2.09. The Morgan fingerprint density at radius 2 is 1.93 bits per heavy atom. The van der Waals surface area contributed by atoms with Gasteiger partial charge in [-0.05, 0) is 47.6 Å². The zero-order chi connectivity index (χ0) is 10.9. The SMILES string of the molecule is O=S(=O)(Nc1ccccc1I)NC1CC1. The maximum absolute atomic E-state index is 11.6. The van der Waals surface area contributed by atoms with Gasteiger partial charge in [-0.1, -0.05) is 12.1 Å². The summed E-state index contributed by atoms with van der Waals surface area (Å²) in [6.07, 6.45) is 1.87. The first-order valence-corrected chi connectivity index (χ1v) is 7.17. The molecule has 15 heavy (non-hydrogen) atoms. The predicted octanol–water partition coefficient (Wildman–Crippen LogP) is 1.70. The molecular weight excluding hydrogens is 327 g/mol. The molecule has 6 heteroatoms. The number of nitrogens with one attached hydrogen (secondary N) is 2. The summed E-state index contributed by atoms with van der Waals surface area (Å²) in [6, 6.07) is 7.40. The normalized spacial score (nSPS) is 16.3. The molecule has 4 nitrogen and oxygen atoms in total. The molecule has 1 saturated carbocycles. The zero-order valence-electron chi connectivity index (χ0n) is 7.90. The molecule has 1 fully saturated rings. The summed E-state index contributed by atoms with van der Waals surface area (Å²) >= 11 is 2.09. The minimum Gasteiger partial charge on any atom is -0.270 e. The quantitative estimate of drug-likeness (QED) is 0.821. The number of para-hydroxylation sites is 1. The van der Waals surface area contributed by atoms with Crippen molar-refractivity contribution in [3.05, 3.63) is 27.8 Å². The molecule has 0 amide bonds. The van der Waals surface area contributed by atoms with Crippen LogP contribution in [0.5, 0.6) is 0 Å². The highest BCUT2D eigenvalue weighted by Crippen LogP contribution is 2.22. The van der Waals surface area contributed by atoms with Crippen LogP contribution in [0.2, 0.25) is 0 Å². The predicted molar refractivity (Wildman–Crippen MR) is 67.9 cm³/mol. The highest BCUT2D eigenvalue weighted by atomic mass is 127. The van der Waals surface area contributed by atoms with Crippen LogP contribution in [0.4, 0.5) is 5.69 Å². The third-order valence-corrected chi connectivity index (χ3v) is 4.09. The summed E-state index contributed by atoms with van der Waals surface area (Å²) in [6.45, 7) is 0. The molecule has 0 aromatic heterocycles. The Hall–Kier alpha value is -0.340. The molecule has 2 N–H and O–H groups in total. The third kappa shape index (κ3) is 3.32. The van der Waals surface area contributed by atoms with E-state index >= 15 is 0 Å². The van der Waals surface area contributed by atoms with Crippen molar-refractivity contribution in [1.82, 2.24) is 4.72 Å². The van der Waals surface area contributed by atoms with Gasteiger partial charge in [0.2, 0.25) is 0 Å².